The summed E-state index contributed by atoms with van der Waals surface area (Å²) in [7, 11) is 0. The van der Waals surface area contributed by atoms with Gasteiger partial charge in [-0.3, -0.25) is 29.8 Å². The molecule has 2 atom stereocenters. The van der Waals surface area contributed by atoms with Gasteiger partial charge in [-0.05, 0) is 70.8 Å². The van der Waals surface area contributed by atoms with E-state index in [1.165, 1.54) is 12.1 Å². The molecule has 8 nitrogen and oxygen atoms in total. The molecule has 2 aliphatic rings. The molecule has 0 bridgehead atoms. The molecule has 48 heavy (non-hydrogen) atoms. The van der Waals surface area contributed by atoms with Gasteiger partial charge in [-0.15, -0.1) is 0 Å². The first-order valence-electron chi connectivity index (χ1n) is 15.9. The molecule has 0 saturated carbocycles. The van der Waals surface area contributed by atoms with E-state index >= 15 is 0 Å². The fourth-order valence-electron chi connectivity index (χ4n) is 7.33. The van der Waals surface area contributed by atoms with E-state index in [1.807, 2.05) is 72.8 Å². The smallest absolute Gasteiger partial charge is 0.277 e. The van der Waals surface area contributed by atoms with Crippen LogP contribution in [0.3, 0.4) is 0 Å². The van der Waals surface area contributed by atoms with Gasteiger partial charge in [0.1, 0.15) is 0 Å². The highest BCUT2D eigenvalue weighted by atomic mass is 16.6. The molecule has 8 heteroatoms. The van der Waals surface area contributed by atoms with Gasteiger partial charge < -0.3 is 0 Å². The zero-order valence-corrected chi connectivity index (χ0v) is 25.9. The molecule has 0 saturated heterocycles. The van der Waals surface area contributed by atoms with Gasteiger partial charge in [-0.1, -0.05) is 97.1 Å². The van der Waals surface area contributed by atoms with E-state index < -0.39 is 0 Å². The van der Waals surface area contributed by atoms with Crippen molar-refractivity contribution in [3.8, 4) is 0 Å². The molecule has 6 aromatic rings. The van der Waals surface area contributed by atoms with Gasteiger partial charge in [0.15, 0.2) is 11.6 Å². The van der Waals surface area contributed by atoms with Crippen LogP contribution in [0.5, 0.6) is 0 Å². The molecular weight excluding hydrogens is 604 g/mol. The number of non-ortho nitro benzene ring substituents is 2. The van der Waals surface area contributed by atoms with E-state index in [4.69, 9.17) is 0 Å². The Morgan fingerprint density at radius 3 is 1.21 bits per heavy atom. The Bertz CT molecular complexity index is 2120. The standard InChI is InChI=1S/2C20H15NO3/c2*22-20-14-6-2-1-5-13(14)9-10-18(20)16-11-12-19(21(23)24)17-8-4-3-7-15(16)17/h2*1-8,11-12,18H,9-10H2/t2*18-/m10/s1. The van der Waals surface area contributed by atoms with Crippen molar-refractivity contribution in [3.05, 3.63) is 175 Å². The van der Waals surface area contributed by atoms with Crippen molar-refractivity contribution >= 4 is 44.5 Å². The number of carbonyl (C=O) groups is 2. The van der Waals surface area contributed by atoms with E-state index in [-0.39, 0.29) is 44.6 Å². The Kier molecular flexibility index (Phi) is 8.07. The lowest BCUT2D eigenvalue weighted by Gasteiger charge is -2.24. The average molecular weight is 635 g/mol. The van der Waals surface area contributed by atoms with Gasteiger partial charge in [0.05, 0.1) is 20.6 Å². The maximum Gasteiger partial charge on any atom is 0.277 e. The Hall–Kier alpha value is -6.02. The lowest BCUT2D eigenvalue weighted by molar-refractivity contribution is -0.383. The van der Waals surface area contributed by atoms with Crippen LogP contribution >= 0.6 is 0 Å². The predicted octanol–water partition coefficient (Wildman–Crippen LogP) is 9.32. The van der Waals surface area contributed by atoms with Crippen LogP contribution in [-0.2, 0) is 12.8 Å². The van der Waals surface area contributed by atoms with Crippen molar-refractivity contribution in [2.75, 3.05) is 0 Å². The molecule has 8 rings (SSSR count). The molecule has 0 aliphatic heterocycles. The second kappa shape index (κ2) is 12.6. The lowest BCUT2D eigenvalue weighted by atomic mass is 9.78. The Balaban J connectivity index is 0.000000152. The summed E-state index contributed by atoms with van der Waals surface area (Å²) in [6, 6.07) is 36.5. The number of aryl methyl sites for hydroxylation is 2. The van der Waals surface area contributed by atoms with Crippen LogP contribution in [0.4, 0.5) is 11.4 Å². The Labute approximate surface area is 276 Å². The van der Waals surface area contributed by atoms with Crippen molar-refractivity contribution in [3.63, 3.8) is 0 Å². The summed E-state index contributed by atoms with van der Waals surface area (Å²) in [5.41, 5.74) is 5.66. The molecule has 0 amide bonds. The minimum absolute atomic E-state index is 0.0815. The van der Waals surface area contributed by atoms with E-state index in [1.54, 1.807) is 36.4 Å². The molecule has 0 radical (unpaired) electrons. The number of ketones is 2. The third-order valence-corrected chi connectivity index (χ3v) is 9.62. The summed E-state index contributed by atoms with van der Waals surface area (Å²) in [6.45, 7) is 0. The van der Waals surface area contributed by atoms with Gasteiger partial charge >= 0.3 is 0 Å². The number of nitro groups is 2. The first kappa shape index (κ1) is 30.6. The van der Waals surface area contributed by atoms with Crippen molar-refractivity contribution in [1.29, 1.82) is 0 Å². The molecule has 2 aliphatic carbocycles. The number of hydrogen-bond acceptors (Lipinski definition) is 6. The summed E-state index contributed by atoms with van der Waals surface area (Å²) in [5.74, 6) is -0.275. The molecule has 0 unspecified atom stereocenters. The maximum absolute atomic E-state index is 12.9. The number of carbonyl (C=O) groups excluding carboxylic acids is 2. The minimum atomic E-state index is -0.371. The van der Waals surface area contributed by atoms with E-state index in [2.05, 4.69) is 0 Å². The van der Waals surface area contributed by atoms with Crippen LogP contribution in [-0.4, -0.2) is 21.4 Å². The zero-order valence-electron chi connectivity index (χ0n) is 25.9. The van der Waals surface area contributed by atoms with Crippen molar-refractivity contribution < 1.29 is 19.4 Å². The predicted molar refractivity (Wildman–Crippen MR) is 185 cm³/mol. The lowest BCUT2D eigenvalue weighted by Crippen LogP contribution is -2.21. The third-order valence-electron chi connectivity index (χ3n) is 9.62. The number of hydrogen-bond donors (Lipinski definition) is 0. The molecule has 0 N–H and O–H groups in total. The second-order valence-electron chi connectivity index (χ2n) is 12.2. The van der Waals surface area contributed by atoms with Gasteiger partial charge in [-0.2, -0.15) is 0 Å². The molecule has 236 valence electrons. The van der Waals surface area contributed by atoms with Crippen molar-refractivity contribution in [2.24, 2.45) is 0 Å². The van der Waals surface area contributed by atoms with Gasteiger partial charge in [-0.25, -0.2) is 0 Å². The molecule has 6 aromatic carbocycles. The van der Waals surface area contributed by atoms with Gasteiger partial charge in [0, 0.05) is 35.1 Å². The molecule has 0 aromatic heterocycles. The van der Waals surface area contributed by atoms with Crippen LogP contribution in [0.25, 0.3) is 21.5 Å². The normalized spacial score (nSPS) is 16.8. The topological polar surface area (TPSA) is 120 Å². The second-order valence-corrected chi connectivity index (χ2v) is 12.2. The van der Waals surface area contributed by atoms with Gasteiger partial charge in [0.2, 0.25) is 0 Å². The number of fused-ring (bicyclic) bond motifs is 4. The summed E-state index contributed by atoms with van der Waals surface area (Å²) in [6.07, 6.45) is 3.16. The number of nitrogens with zero attached hydrogens (tertiary/aromatic N) is 2. The first-order valence-corrected chi connectivity index (χ1v) is 15.9. The van der Waals surface area contributed by atoms with Gasteiger partial charge in [0.25, 0.3) is 11.4 Å². The number of Topliss-reactive ketones (excluding diaryl/α,β-unsaturated/α-hetero) is 2. The van der Waals surface area contributed by atoms with Crippen molar-refractivity contribution in [2.45, 2.75) is 37.5 Å². The first-order chi connectivity index (χ1) is 23.3. The Morgan fingerprint density at radius 2 is 0.812 bits per heavy atom. The highest BCUT2D eigenvalue weighted by Gasteiger charge is 2.32. The highest BCUT2D eigenvalue weighted by Crippen LogP contribution is 2.40. The largest absolute Gasteiger partial charge is 0.293 e. The quantitative estimate of drug-likeness (QED) is 0.141. The summed E-state index contributed by atoms with van der Waals surface area (Å²) in [4.78, 5) is 47.7. The number of rotatable bonds is 4. The van der Waals surface area contributed by atoms with E-state index in [9.17, 15) is 29.8 Å². The molecule has 0 heterocycles. The fraction of sp³-hybridized carbons (Fsp3) is 0.150. The Morgan fingerprint density at radius 1 is 0.458 bits per heavy atom. The zero-order chi connectivity index (χ0) is 33.4. The third kappa shape index (κ3) is 5.41. The maximum atomic E-state index is 12.9. The molecule has 0 spiro atoms. The average Bonchev–Trinajstić information content (AvgIpc) is 3.12. The van der Waals surface area contributed by atoms with Crippen LogP contribution in [0, 0.1) is 20.2 Å². The number of nitro benzene ring substituents is 2. The van der Waals surface area contributed by atoms with Crippen LogP contribution < -0.4 is 0 Å². The summed E-state index contributed by atoms with van der Waals surface area (Å²) < 4.78 is 0. The van der Waals surface area contributed by atoms with E-state index in [0.717, 1.165) is 69.8 Å². The number of benzene rings is 6. The van der Waals surface area contributed by atoms with Crippen LogP contribution in [0.2, 0.25) is 0 Å². The van der Waals surface area contributed by atoms with Crippen LogP contribution in [0.1, 0.15) is 67.6 Å². The van der Waals surface area contributed by atoms with E-state index in [0.29, 0.717) is 10.8 Å². The fourth-order valence-corrected chi connectivity index (χ4v) is 7.33. The SMILES string of the molecule is O=C1c2ccccc2CC[C@@H]1c1ccc([N+](=O)[O-])c2ccccc12.O=C1c2ccccc2CC[C@H]1c1ccc([N+](=O)[O-])c2ccccc12. The molecular formula is C40H30N2O6. The monoisotopic (exact) mass is 634 g/mol. The minimum Gasteiger partial charge on any atom is -0.293 e. The van der Waals surface area contributed by atoms with Crippen LogP contribution in [0.15, 0.2) is 121 Å². The summed E-state index contributed by atoms with van der Waals surface area (Å²) in [5, 5.41) is 25.3. The molecule has 0 fully saturated rings. The van der Waals surface area contributed by atoms with Crippen molar-refractivity contribution in [1.82, 2.24) is 0 Å². The highest BCUT2D eigenvalue weighted by molar-refractivity contribution is 6.07. The summed E-state index contributed by atoms with van der Waals surface area (Å²) >= 11 is 0.